The van der Waals surface area contributed by atoms with Crippen LogP contribution in [0, 0.1) is 0 Å². The van der Waals surface area contributed by atoms with Crippen LogP contribution >= 0.6 is 0 Å². The molecule has 0 bridgehead atoms. The summed E-state index contributed by atoms with van der Waals surface area (Å²) < 4.78 is 0. The van der Waals surface area contributed by atoms with Crippen LogP contribution in [-0.2, 0) is 21.5 Å². The molecule has 0 radical (unpaired) electrons. The van der Waals surface area contributed by atoms with E-state index in [9.17, 15) is 9.59 Å². The topological polar surface area (TPSA) is 59.7 Å². The third-order valence-corrected chi connectivity index (χ3v) is 6.92. The number of carbonyl (C=O) groups excluding carboxylic acids is 2. The summed E-state index contributed by atoms with van der Waals surface area (Å²) in [7, 11) is 0. The fourth-order valence-corrected chi connectivity index (χ4v) is 5.39. The van der Waals surface area contributed by atoms with Crippen LogP contribution in [0.3, 0.4) is 0 Å². The number of fused-ring (bicyclic) bond motifs is 6. The first-order valence-corrected chi connectivity index (χ1v) is 11.1. The van der Waals surface area contributed by atoms with Gasteiger partial charge in [-0.15, -0.1) is 0 Å². The van der Waals surface area contributed by atoms with E-state index in [1.807, 2.05) is 47.4 Å². The number of aromatic nitrogens is 1. The highest BCUT2D eigenvalue weighted by Gasteiger charge is 2.60. The van der Waals surface area contributed by atoms with Gasteiger partial charge in [0.25, 0.3) is 5.91 Å². The normalized spacial score (nSPS) is 20.1. The number of nitrogens with zero attached hydrogens (tertiary/aromatic N) is 3. The maximum Gasteiger partial charge on any atom is 0.265 e. The van der Waals surface area contributed by atoms with Crippen LogP contribution in [0.2, 0.25) is 0 Å². The van der Waals surface area contributed by atoms with Crippen molar-refractivity contribution >= 4 is 28.4 Å². The molecule has 2 aliphatic rings. The minimum Gasteiger partial charge on any atom is -0.355 e. The van der Waals surface area contributed by atoms with E-state index in [-0.39, 0.29) is 11.8 Å². The molecule has 2 aromatic carbocycles. The van der Waals surface area contributed by atoms with Crippen LogP contribution in [0.5, 0.6) is 0 Å². The van der Waals surface area contributed by atoms with Crippen molar-refractivity contribution in [2.24, 2.45) is 0 Å². The minimum absolute atomic E-state index is 0.0525. The first-order valence-electron chi connectivity index (χ1n) is 11.1. The maximum absolute atomic E-state index is 14.3. The number of H-pyrrole nitrogens is 1. The first kappa shape index (κ1) is 19.8. The number of anilines is 1. The van der Waals surface area contributed by atoms with Crippen molar-refractivity contribution in [1.82, 2.24) is 14.8 Å². The molecule has 0 aliphatic carbocycles. The number of hydrogen-bond donors (Lipinski definition) is 1. The lowest BCUT2D eigenvalue weighted by atomic mass is 9.80. The number of hydrogen-bond acceptors (Lipinski definition) is 3. The van der Waals surface area contributed by atoms with Crippen LogP contribution in [0.4, 0.5) is 5.69 Å². The Balaban J connectivity index is 1.80. The summed E-state index contributed by atoms with van der Waals surface area (Å²) in [6, 6.07) is 16.1. The number of aromatic amines is 1. The molecular formula is C25H28N4O2. The predicted octanol–water partition coefficient (Wildman–Crippen LogP) is 3.46. The van der Waals surface area contributed by atoms with Crippen LogP contribution in [-0.4, -0.2) is 52.9 Å². The van der Waals surface area contributed by atoms with Gasteiger partial charge >= 0.3 is 0 Å². The molecule has 5 rings (SSSR count). The molecule has 6 heteroatoms. The monoisotopic (exact) mass is 416 g/mol. The number of nitrogens with one attached hydrogen (secondary N) is 1. The van der Waals surface area contributed by atoms with Crippen molar-refractivity contribution in [2.45, 2.75) is 32.7 Å². The molecule has 1 spiro atoms. The molecule has 2 amide bonds. The molecule has 1 atom stereocenters. The van der Waals surface area contributed by atoms with Crippen molar-refractivity contribution in [3.63, 3.8) is 0 Å². The molecule has 6 nitrogen and oxygen atoms in total. The second kappa shape index (κ2) is 7.24. The second-order valence-electron chi connectivity index (χ2n) is 8.35. The Labute approximate surface area is 182 Å². The summed E-state index contributed by atoms with van der Waals surface area (Å²) in [5.74, 6) is -0.138. The smallest absolute Gasteiger partial charge is 0.265 e. The van der Waals surface area contributed by atoms with Crippen LogP contribution in [0.1, 0.15) is 37.6 Å². The number of para-hydroxylation sites is 2. The maximum atomic E-state index is 14.3. The van der Waals surface area contributed by atoms with Gasteiger partial charge in [0.15, 0.2) is 5.54 Å². The largest absolute Gasteiger partial charge is 0.355 e. The molecule has 0 saturated carbocycles. The quantitative estimate of drug-likeness (QED) is 0.709. The van der Waals surface area contributed by atoms with E-state index in [2.05, 4.69) is 29.8 Å². The Kier molecular flexibility index (Phi) is 4.63. The molecule has 0 fully saturated rings. The van der Waals surface area contributed by atoms with Crippen LogP contribution < -0.4 is 4.90 Å². The number of benzene rings is 2. The number of rotatable bonds is 4. The zero-order valence-corrected chi connectivity index (χ0v) is 18.3. The molecule has 1 aromatic heterocycles. The zero-order chi connectivity index (χ0) is 21.8. The van der Waals surface area contributed by atoms with E-state index in [1.165, 1.54) is 0 Å². The van der Waals surface area contributed by atoms with Gasteiger partial charge in [0.2, 0.25) is 5.91 Å². The van der Waals surface area contributed by atoms with Gasteiger partial charge in [0.05, 0.1) is 18.1 Å². The van der Waals surface area contributed by atoms with Gasteiger partial charge in [-0.05, 0) is 37.2 Å². The standard InChI is InChI=1S/C25H28N4O2/c1-4-27(5-2)16-28-22-13-9-7-11-20(22)25(24(28)31)23-19(14-15-29(25)17(3)30)18-10-6-8-12-21(18)26-23/h6-13,26H,4-5,14-16H2,1-3H3. The van der Waals surface area contributed by atoms with E-state index in [4.69, 9.17) is 0 Å². The molecule has 0 saturated heterocycles. The Morgan fingerprint density at radius 3 is 2.55 bits per heavy atom. The summed E-state index contributed by atoms with van der Waals surface area (Å²) in [4.78, 5) is 36.7. The molecule has 3 aromatic rings. The van der Waals surface area contributed by atoms with E-state index in [1.54, 1.807) is 11.8 Å². The summed E-state index contributed by atoms with van der Waals surface area (Å²) in [6.07, 6.45) is 0.728. The van der Waals surface area contributed by atoms with E-state index in [0.29, 0.717) is 13.2 Å². The Bertz CT molecular complexity index is 1180. The van der Waals surface area contributed by atoms with Gasteiger partial charge in [-0.1, -0.05) is 50.2 Å². The van der Waals surface area contributed by atoms with Crippen LogP contribution in [0.25, 0.3) is 10.9 Å². The van der Waals surface area contributed by atoms with E-state index in [0.717, 1.165) is 52.9 Å². The van der Waals surface area contributed by atoms with Gasteiger partial charge < -0.3 is 9.88 Å². The predicted molar refractivity (Wildman–Crippen MR) is 122 cm³/mol. The SMILES string of the molecule is CCN(CC)CN1C(=O)C2(c3ccccc31)c1[nH]c3ccccc3c1CCN2C(C)=O. The Hall–Kier alpha value is -3.12. The van der Waals surface area contributed by atoms with E-state index >= 15 is 0 Å². The fraction of sp³-hybridized carbons (Fsp3) is 0.360. The lowest BCUT2D eigenvalue weighted by molar-refractivity contribution is -0.143. The van der Waals surface area contributed by atoms with Crippen molar-refractivity contribution in [2.75, 3.05) is 31.2 Å². The number of amides is 2. The molecule has 1 unspecified atom stereocenters. The minimum atomic E-state index is -1.15. The average molecular weight is 417 g/mol. The number of carbonyl (C=O) groups is 2. The summed E-state index contributed by atoms with van der Waals surface area (Å²) in [6.45, 7) is 8.49. The highest BCUT2D eigenvalue weighted by molar-refractivity contribution is 6.12. The first-order chi connectivity index (χ1) is 15.0. The van der Waals surface area contributed by atoms with Gasteiger partial charge in [0.1, 0.15) is 0 Å². The highest BCUT2D eigenvalue weighted by atomic mass is 16.2. The molecule has 2 aliphatic heterocycles. The van der Waals surface area contributed by atoms with Crippen molar-refractivity contribution < 1.29 is 9.59 Å². The molecule has 160 valence electrons. The molecule has 31 heavy (non-hydrogen) atoms. The van der Waals surface area contributed by atoms with Gasteiger partial charge in [-0.3, -0.25) is 19.4 Å². The van der Waals surface area contributed by atoms with Crippen molar-refractivity contribution in [3.8, 4) is 0 Å². The Morgan fingerprint density at radius 2 is 1.81 bits per heavy atom. The lowest BCUT2D eigenvalue weighted by Crippen LogP contribution is -2.59. The molecular weight excluding hydrogens is 388 g/mol. The van der Waals surface area contributed by atoms with Crippen LogP contribution in [0.15, 0.2) is 48.5 Å². The average Bonchev–Trinajstić information content (AvgIpc) is 3.28. The fourth-order valence-electron chi connectivity index (χ4n) is 5.39. The third-order valence-electron chi connectivity index (χ3n) is 6.92. The second-order valence-corrected chi connectivity index (χ2v) is 8.35. The van der Waals surface area contributed by atoms with Crippen molar-refractivity contribution in [3.05, 3.63) is 65.4 Å². The van der Waals surface area contributed by atoms with Crippen molar-refractivity contribution in [1.29, 1.82) is 0 Å². The summed E-state index contributed by atoms with van der Waals surface area (Å²) in [5, 5.41) is 1.13. The Morgan fingerprint density at radius 1 is 1.10 bits per heavy atom. The van der Waals surface area contributed by atoms with E-state index < -0.39 is 5.54 Å². The highest BCUT2D eigenvalue weighted by Crippen LogP contribution is 2.51. The van der Waals surface area contributed by atoms with Gasteiger partial charge in [-0.2, -0.15) is 0 Å². The van der Waals surface area contributed by atoms with Gasteiger partial charge in [0, 0.05) is 29.9 Å². The molecule has 1 N–H and O–H groups in total. The zero-order valence-electron chi connectivity index (χ0n) is 18.3. The van der Waals surface area contributed by atoms with Gasteiger partial charge in [-0.25, -0.2) is 0 Å². The lowest BCUT2D eigenvalue weighted by Gasteiger charge is -2.43. The third kappa shape index (κ3) is 2.61. The summed E-state index contributed by atoms with van der Waals surface area (Å²) >= 11 is 0. The summed E-state index contributed by atoms with van der Waals surface area (Å²) in [5.41, 5.74) is 3.61. The molecule has 3 heterocycles.